The highest BCUT2D eigenvalue weighted by Crippen LogP contribution is 2.37. The number of fused-ring (bicyclic) bond motifs is 1. The molecular formula is C15H15NO. The highest BCUT2D eigenvalue weighted by atomic mass is 16.3. The van der Waals surface area contributed by atoms with E-state index in [9.17, 15) is 5.11 Å². The Morgan fingerprint density at radius 2 is 1.71 bits per heavy atom. The lowest BCUT2D eigenvalue weighted by Crippen LogP contribution is -2.26. The molecule has 0 saturated heterocycles. The predicted octanol–water partition coefficient (Wildman–Crippen LogP) is 2.38. The molecule has 1 aromatic carbocycles. The molecule has 0 fully saturated rings. The second-order valence-corrected chi connectivity index (χ2v) is 4.84. The van der Waals surface area contributed by atoms with E-state index in [-0.39, 0.29) is 0 Å². The number of pyridine rings is 1. The van der Waals surface area contributed by atoms with Gasteiger partial charge < -0.3 is 5.11 Å². The molecular weight excluding hydrogens is 210 g/mol. The van der Waals surface area contributed by atoms with Crippen LogP contribution in [0.2, 0.25) is 0 Å². The number of rotatable bonds is 1. The molecule has 0 radical (unpaired) electrons. The van der Waals surface area contributed by atoms with Crippen LogP contribution in [-0.4, -0.2) is 10.1 Å². The first kappa shape index (κ1) is 10.5. The maximum atomic E-state index is 10.7. The van der Waals surface area contributed by atoms with E-state index in [1.54, 1.807) is 6.20 Å². The van der Waals surface area contributed by atoms with Crippen molar-refractivity contribution in [2.75, 3.05) is 0 Å². The number of aliphatic hydroxyl groups is 1. The van der Waals surface area contributed by atoms with Gasteiger partial charge in [-0.3, -0.25) is 4.98 Å². The summed E-state index contributed by atoms with van der Waals surface area (Å²) in [7, 11) is 0. The summed E-state index contributed by atoms with van der Waals surface area (Å²) in [5, 5.41) is 10.7. The minimum atomic E-state index is -0.773. The molecule has 17 heavy (non-hydrogen) atoms. The summed E-state index contributed by atoms with van der Waals surface area (Å²) in [6.45, 7) is 1.96. The highest BCUT2D eigenvalue weighted by molar-refractivity contribution is 5.39. The number of hydrogen-bond donors (Lipinski definition) is 1. The van der Waals surface area contributed by atoms with Gasteiger partial charge in [0.05, 0.1) is 5.60 Å². The van der Waals surface area contributed by atoms with Crippen LogP contribution in [0.4, 0.5) is 0 Å². The average Bonchev–Trinajstić information content (AvgIpc) is 2.67. The molecule has 86 valence electrons. The van der Waals surface area contributed by atoms with Gasteiger partial charge in [-0.1, -0.05) is 30.3 Å². The molecule has 2 nitrogen and oxygen atoms in total. The molecule has 0 bridgehead atoms. The van der Waals surface area contributed by atoms with Crippen LogP contribution in [0, 0.1) is 6.92 Å². The largest absolute Gasteiger partial charge is 0.384 e. The zero-order valence-corrected chi connectivity index (χ0v) is 9.85. The smallest absolute Gasteiger partial charge is 0.0991 e. The number of benzene rings is 1. The second kappa shape index (κ2) is 3.67. The Morgan fingerprint density at radius 1 is 1.06 bits per heavy atom. The van der Waals surface area contributed by atoms with E-state index < -0.39 is 5.60 Å². The summed E-state index contributed by atoms with van der Waals surface area (Å²) in [6.07, 6.45) is 3.17. The molecule has 2 aromatic rings. The lowest BCUT2D eigenvalue weighted by atomic mass is 9.92. The van der Waals surface area contributed by atoms with Crippen LogP contribution in [0.15, 0.2) is 42.6 Å². The summed E-state index contributed by atoms with van der Waals surface area (Å²) in [5.74, 6) is 0. The molecule has 1 aliphatic rings. The molecule has 0 saturated carbocycles. The normalized spacial score (nSPS) is 16.8. The highest BCUT2D eigenvalue weighted by Gasteiger charge is 2.36. The van der Waals surface area contributed by atoms with Gasteiger partial charge in [0.2, 0.25) is 0 Å². The van der Waals surface area contributed by atoms with Crippen molar-refractivity contribution in [2.24, 2.45) is 0 Å². The molecule has 3 rings (SSSR count). The van der Waals surface area contributed by atoms with Crippen molar-refractivity contribution in [3.8, 4) is 0 Å². The van der Waals surface area contributed by atoms with Gasteiger partial charge >= 0.3 is 0 Å². The first-order valence-corrected chi connectivity index (χ1v) is 5.90. The van der Waals surface area contributed by atoms with Crippen LogP contribution in [-0.2, 0) is 18.4 Å². The Labute approximate surface area is 101 Å². The SMILES string of the molecule is Cc1ccc(C2(O)Cc3ccccc3C2)cn1. The maximum absolute atomic E-state index is 10.7. The minimum Gasteiger partial charge on any atom is -0.384 e. The van der Waals surface area contributed by atoms with Crippen molar-refractivity contribution < 1.29 is 5.11 Å². The Balaban J connectivity index is 1.98. The van der Waals surface area contributed by atoms with Crippen LogP contribution < -0.4 is 0 Å². The molecule has 0 spiro atoms. The Hall–Kier alpha value is -1.67. The summed E-state index contributed by atoms with van der Waals surface area (Å²) < 4.78 is 0. The van der Waals surface area contributed by atoms with Gasteiger partial charge in [0.15, 0.2) is 0 Å². The summed E-state index contributed by atoms with van der Waals surface area (Å²) in [5.41, 5.74) is 3.61. The number of hydrogen-bond acceptors (Lipinski definition) is 2. The molecule has 2 heteroatoms. The predicted molar refractivity (Wildman–Crippen MR) is 66.7 cm³/mol. The van der Waals surface area contributed by atoms with Crippen LogP contribution in [0.1, 0.15) is 22.4 Å². The molecule has 0 aliphatic heterocycles. The van der Waals surface area contributed by atoms with E-state index in [0.29, 0.717) is 12.8 Å². The third-order valence-electron chi connectivity index (χ3n) is 3.53. The Morgan fingerprint density at radius 3 is 2.24 bits per heavy atom. The van der Waals surface area contributed by atoms with Crippen molar-refractivity contribution in [3.05, 3.63) is 65.0 Å². The van der Waals surface area contributed by atoms with E-state index in [0.717, 1.165) is 11.3 Å². The molecule has 1 heterocycles. The third kappa shape index (κ3) is 1.75. The molecule has 0 unspecified atom stereocenters. The van der Waals surface area contributed by atoms with Crippen LogP contribution in [0.3, 0.4) is 0 Å². The molecule has 1 aromatic heterocycles. The zero-order valence-electron chi connectivity index (χ0n) is 9.85. The van der Waals surface area contributed by atoms with Crippen LogP contribution in [0.25, 0.3) is 0 Å². The monoisotopic (exact) mass is 225 g/mol. The fourth-order valence-electron chi connectivity index (χ4n) is 2.54. The fraction of sp³-hybridized carbons (Fsp3) is 0.267. The van der Waals surface area contributed by atoms with Crippen molar-refractivity contribution in [1.82, 2.24) is 4.98 Å². The van der Waals surface area contributed by atoms with Gasteiger partial charge in [-0.25, -0.2) is 0 Å². The lowest BCUT2D eigenvalue weighted by molar-refractivity contribution is 0.0478. The summed E-state index contributed by atoms with van der Waals surface area (Å²) in [4.78, 5) is 4.27. The van der Waals surface area contributed by atoms with Gasteiger partial charge in [-0.2, -0.15) is 0 Å². The van der Waals surface area contributed by atoms with Crippen molar-refractivity contribution in [2.45, 2.75) is 25.4 Å². The summed E-state index contributed by atoms with van der Waals surface area (Å²) >= 11 is 0. The first-order valence-electron chi connectivity index (χ1n) is 5.90. The fourth-order valence-corrected chi connectivity index (χ4v) is 2.54. The standard InChI is InChI=1S/C15H15NO/c1-11-6-7-14(10-16-11)15(17)8-12-4-2-3-5-13(12)9-15/h2-7,10,17H,8-9H2,1H3. The number of aryl methyl sites for hydroxylation is 1. The maximum Gasteiger partial charge on any atom is 0.0991 e. The molecule has 1 N–H and O–H groups in total. The topological polar surface area (TPSA) is 33.1 Å². The zero-order chi connectivity index (χ0) is 11.9. The summed E-state index contributed by atoms with van der Waals surface area (Å²) in [6, 6.07) is 12.2. The first-order chi connectivity index (χ1) is 8.17. The van der Waals surface area contributed by atoms with Gasteiger partial charge in [-0.05, 0) is 24.1 Å². The quantitative estimate of drug-likeness (QED) is 0.808. The van der Waals surface area contributed by atoms with E-state index in [4.69, 9.17) is 0 Å². The lowest BCUT2D eigenvalue weighted by Gasteiger charge is -2.22. The molecule has 1 aliphatic carbocycles. The van der Waals surface area contributed by atoms with Crippen molar-refractivity contribution in [1.29, 1.82) is 0 Å². The number of aromatic nitrogens is 1. The van der Waals surface area contributed by atoms with Gasteiger partial charge in [-0.15, -0.1) is 0 Å². The average molecular weight is 225 g/mol. The van der Waals surface area contributed by atoms with E-state index >= 15 is 0 Å². The van der Waals surface area contributed by atoms with Crippen molar-refractivity contribution in [3.63, 3.8) is 0 Å². The van der Waals surface area contributed by atoms with Gasteiger partial charge in [0, 0.05) is 30.3 Å². The van der Waals surface area contributed by atoms with E-state index in [1.807, 2.05) is 31.2 Å². The van der Waals surface area contributed by atoms with Crippen LogP contribution in [0.5, 0.6) is 0 Å². The minimum absolute atomic E-state index is 0.688. The van der Waals surface area contributed by atoms with Crippen LogP contribution >= 0.6 is 0 Å². The Bertz CT molecular complexity index is 520. The molecule has 0 amide bonds. The second-order valence-electron chi connectivity index (χ2n) is 4.84. The molecule has 0 atom stereocenters. The van der Waals surface area contributed by atoms with E-state index in [1.165, 1.54) is 11.1 Å². The Kier molecular flexibility index (Phi) is 2.26. The van der Waals surface area contributed by atoms with Gasteiger partial charge in [0.1, 0.15) is 0 Å². The third-order valence-corrected chi connectivity index (χ3v) is 3.53. The number of nitrogens with zero attached hydrogens (tertiary/aromatic N) is 1. The van der Waals surface area contributed by atoms with Crippen molar-refractivity contribution >= 4 is 0 Å². The van der Waals surface area contributed by atoms with E-state index in [2.05, 4.69) is 17.1 Å². The van der Waals surface area contributed by atoms with Gasteiger partial charge in [0.25, 0.3) is 0 Å².